The molecule has 1 atom stereocenters. The van der Waals surface area contributed by atoms with Gasteiger partial charge < -0.3 is 15.0 Å². The van der Waals surface area contributed by atoms with Gasteiger partial charge in [0.1, 0.15) is 0 Å². The molecule has 1 aliphatic carbocycles. The van der Waals surface area contributed by atoms with Gasteiger partial charge in [0, 0.05) is 42.7 Å². The van der Waals surface area contributed by atoms with Crippen LogP contribution in [0.4, 0.5) is 4.79 Å². The molecular weight excluding hydrogens is 280 g/mol. The molecule has 0 spiro atoms. The Morgan fingerprint density at radius 3 is 3.05 bits per heavy atom. The molecule has 3 heterocycles. The van der Waals surface area contributed by atoms with Crippen molar-refractivity contribution in [2.45, 2.75) is 57.1 Å². The zero-order valence-corrected chi connectivity index (χ0v) is 12.9. The van der Waals surface area contributed by atoms with Crippen LogP contribution < -0.4 is 5.32 Å². The molecule has 120 valence electrons. The van der Waals surface area contributed by atoms with Gasteiger partial charge in [-0.3, -0.25) is 5.10 Å². The van der Waals surface area contributed by atoms with Crippen LogP contribution >= 0.6 is 0 Å². The third-order valence-electron chi connectivity index (χ3n) is 5.27. The maximum absolute atomic E-state index is 12.4. The first-order chi connectivity index (χ1) is 10.8. The van der Waals surface area contributed by atoms with Gasteiger partial charge in [0.2, 0.25) is 0 Å². The van der Waals surface area contributed by atoms with Crippen LogP contribution in [0.2, 0.25) is 0 Å². The predicted octanol–water partition coefficient (Wildman–Crippen LogP) is 1.92. The van der Waals surface area contributed by atoms with Crippen molar-refractivity contribution in [1.29, 1.82) is 0 Å². The second-order valence-corrected chi connectivity index (χ2v) is 6.73. The molecule has 4 rings (SSSR count). The SMILES string of the molecule is O=C(NC1CCCC1)N1CCC(c2n[nH]c3c2COCC3)C1. The second-order valence-electron chi connectivity index (χ2n) is 6.73. The molecule has 3 aliphatic rings. The number of carbonyl (C=O) groups is 1. The van der Waals surface area contributed by atoms with Gasteiger partial charge in [-0.2, -0.15) is 5.10 Å². The van der Waals surface area contributed by atoms with Gasteiger partial charge in [-0.05, 0) is 19.3 Å². The number of aromatic nitrogens is 2. The molecule has 1 unspecified atom stereocenters. The normalized spacial score (nSPS) is 25.5. The number of urea groups is 1. The maximum atomic E-state index is 12.4. The number of fused-ring (bicyclic) bond motifs is 1. The average molecular weight is 304 g/mol. The lowest BCUT2D eigenvalue weighted by Crippen LogP contribution is -2.42. The highest BCUT2D eigenvalue weighted by Crippen LogP contribution is 2.31. The first kappa shape index (κ1) is 14.1. The average Bonchev–Trinajstić information content (AvgIpc) is 3.27. The highest BCUT2D eigenvalue weighted by Gasteiger charge is 2.32. The molecule has 22 heavy (non-hydrogen) atoms. The van der Waals surface area contributed by atoms with E-state index in [1.165, 1.54) is 24.1 Å². The Morgan fingerprint density at radius 2 is 2.18 bits per heavy atom. The Morgan fingerprint density at radius 1 is 1.32 bits per heavy atom. The Balaban J connectivity index is 1.39. The lowest BCUT2D eigenvalue weighted by atomic mass is 9.98. The largest absolute Gasteiger partial charge is 0.376 e. The summed E-state index contributed by atoms with van der Waals surface area (Å²) in [6.07, 6.45) is 6.66. The van der Waals surface area contributed by atoms with Crippen LogP contribution in [0.5, 0.6) is 0 Å². The molecule has 0 radical (unpaired) electrons. The van der Waals surface area contributed by atoms with Crippen molar-refractivity contribution >= 4 is 6.03 Å². The number of rotatable bonds is 2. The predicted molar refractivity (Wildman–Crippen MR) is 81.7 cm³/mol. The number of nitrogens with zero attached hydrogens (tertiary/aromatic N) is 2. The first-order valence-electron chi connectivity index (χ1n) is 8.50. The summed E-state index contributed by atoms with van der Waals surface area (Å²) in [6.45, 7) is 3.03. The third kappa shape index (κ3) is 2.60. The van der Waals surface area contributed by atoms with Gasteiger partial charge >= 0.3 is 6.03 Å². The minimum atomic E-state index is 0.107. The summed E-state index contributed by atoms with van der Waals surface area (Å²) in [5.41, 5.74) is 3.57. The zero-order valence-electron chi connectivity index (χ0n) is 12.9. The third-order valence-corrected chi connectivity index (χ3v) is 5.27. The molecule has 0 aromatic carbocycles. The van der Waals surface area contributed by atoms with Gasteiger partial charge in [0.25, 0.3) is 0 Å². The number of amides is 2. The highest BCUT2D eigenvalue weighted by molar-refractivity contribution is 5.75. The number of ether oxygens (including phenoxy) is 1. The molecule has 1 aromatic heterocycles. The van der Waals surface area contributed by atoms with E-state index in [-0.39, 0.29) is 6.03 Å². The molecule has 0 bridgehead atoms. The Bertz CT molecular complexity index is 550. The number of aromatic amines is 1. The van der Waals surface area contributed by atoms with Crippen LogP contribution in [0.25, 0.3) is 0 Å². The quantitative estimate of drug-likeness (QED) is 0.877. The van der Waals surface area contributed by atoms with Gasteiger partial charge in [-0.25, -0.2) is 4.79 Å². The summed E-state index contributed by atoms with van der Waals surface area (Å²) < 4.78 is 5.56. The number of carbonyl (C=O) groups excluding carboxylic acids is 1. The topological polar surface area (TPSA) is 70.2 Å². The number of H-pyrrole nitrogens is 1. The Hall–Kier alpha value is -1.56. The lowest BCUT2D eigenvalue weighted by molar-refractivity contribution is 0.109. The van der Waals surface area contributed by atoms with Crippen molar-refractivity contribution in [1.82, 2.24) is 20.4 Å². The molecule has 2 aliphatic heterocycles. The number of hydrogen-bond donors (Lipinski definition) is 2. The van der Waals surface area contributed by atoms with Crippen molar-refractivity contribution in [2.75, 3.05) is 19.7 Å². The van der Waals surface area contributed by atoms with E-state index in [4.69, 9.17) is 4.74 Å². The minimum absolute atomic E-state index is 0.107. The standard InChI is InChI=1S/C16H24N4O2/c21-16(17-12-3-1-2-4-12)20-7-5-11(9-20)15-13-10-22-8-6-14(13)18-19-15/h11-12H,1-10H2,(H,17,21)(H,18,19). The summed E-state index contributed by atoms with van der Waals surface area (Å²) in [7, 11) is 0. The number of hydrogen-bond acceptors (Lipinski definition) is 3. The van der Waals surface area contributed by atoms with Crippen LogP contribution in [-0.2, 0) is 17.8 Å². The summed E-state index contributed by atoms with van der Waals surface area (Å²) in [4.78, 5) is 14.3. The number of likely N-dealkylation sites (tertiary alicyclic amines) is 1. The van der Waals surface area contributed by atoms with Gasteiger partial charge in [0.05, 0.1) is 18.9 Å². The van der Waals surface area contributed by atoms with Crippen molar-refractivity contribution in [3.63, 3.8) is 0 Å². The molecule has 1 saturated carbocycles. The highest BCUT2D eigenvalue weighted by atomic mass is 16.5. The molecule has 6 heteroatoms. The summed E-state index contributed by atoms with van der Waals surface area (Å²) in [6, 6.07) is 0.494. The van der Waals surface area contributed by atoms with E-state index in [0.29, 0.717) is 18.6 Å². The lowest BCUT2D eigenvalue weighted by Gasteiger charge is -2.20. The van der Waals surface area contributed by atoms with Crippen LogP contribution in [0.3, 0.4) is 0 Å². The van der Waals surface area contributed by atoms with Crippen molar-refractivity contribution in [3.05, 3.63) is 17.0 Å². The molecular formula is C16H24N4O2. The monoisotopic (exact) mass is 304 g/mol. The summed E-state index contributed by atoms with van der Waals surface area (Å²) >= 11 is 0. The minimum Gasteiger partial charge on any atom is -0.376 e. The summed E-state index contributed by atoms with van der Waals surface area (Å²) in [5.74, 6) is 0.344. The van der Waals surface area contributed by atoms with Gasteiger partial charge in [-0.15, -0.1) is 0 Å². The zero-order chi connectivity index (χ0) is 14.9. The fraction of sp³-hybridized carbons (Fsp3) is 0.750. The van der Waals surface area contributed by atoms with Crippen LogP contribution in [0.15, 0.2) is 0 Å². The smallest absolute Gasteiger partial charge is 0.317 e. The molecule has 1 saturated heterocycles. The van der Waals surface area contributed by atoms with Crippen molar-refractivity contribution in [2.24, 2.45) is 0 Å². The first-order valence-corrected chi connectivity index (χ1v) is 8.50. The van der Waals surface area contributed by atoms with Crippen molar-refractivity contribution < 1.29 is 9.53 Å². The second kappa shape index (κ2) is 5.91. The molecule has 2 N–H and O–H groups in total. The van der Waals surface area contributed by atoms with Gasteiger partial charge in [-0.1, -0.05) is 12.8 Å². The van der Waals surface area contributed by atoms with Crippen LogP contribution in [0.1, 0.15) is 55.0 Å². The Labute approximate surface area is 130 Å². The number of nitrogens with one attached hydrogen (secondary N) is 2. The molecule has 2 fully saturated rings. The van der Waals surface area contributed by atoms with Gasteiger partial charge in [0.15, 0.2) is 0 Å². The van der Waals surface area contributed by atoms with E-state index in [1.807, 2.05) is 4.90 Å². The molecule has 2 amide bonds. The van der Waals surface area contributed by atoms with E-state index in [2.05, 4.69) is 15.5 Å². The molecule has 1 aromatic rings. The van der Waals surface area contributed by atoms with E-state index < -0.39 is 0 Å². The van der Waals surface area contributed by atoms with E-state index >= 15 is 0 Å². The fourth-order valence-electron chi connectivity index (χ4n) is 3.98. The summed E-state index contributed by atoms with van der Waals surface area (Å²) in [5, 5.41) is 10.9. The Kier molecular flexibility index (Phi) is 3.78. The van der Waals surface area contributed by atoms with Crippen LogP contribution in [0, 0.1) is 0 Å². The van der Waals surface area contributed by atoms with Crippen LogP contribution in [-0.4, -0.2) is 46.9 Å². The van der Waals surface area contributed by atoms with E-state index in [9.17, 15) is 4.79 Å². The van der Waals surface area contributed by atoms with E-state index in [1.54, 1.807) is 0 Å². The fourth-order valence-corrected chi connectivity index (χ4v) is 3.98. The van der Waals surface area contributed by atoms with E-state index in [0.717, 1.165) is 51.1 Å². The van der Waals surface area contributed by atoms with Crippen molar-refractivity contribution in [3.8, 4) is 0 Å². The molecule has 6 nitrogen and oxygen atoms in total. The maximum Gasteiger partial charge on any atom is 0.317 e.